The Kier molecular flexibility index (Phi) is 2.66. The smallest absolute Gasteiger partial charge is 0.330 e. The molecule has 1 aromatic heterocycles. The van der Waals surface area contributed by atoms with Crippen LogP contribution < -0.4 is 11.2 Å². The summed E-state index contributed by atoms with van der Waals surface area (Å²) in [7, 11) is 0. The van der Waals surface area contributed by atoms with E-state index in [1.54, 1.807) is 0 Å². The van der Waals surface area contributed by atoms with E-state index in [0.29, 0.717) is 0 Å². The fourth-order valence-electron chi connectivity index (χ4n) is 1.79. The summed E-state index contributed by atoms with van der Waals surface area (Å²) < 4.78 is 6.02. The Bertz CT molecular complexity index is 493. The maximum absolute atomic E-state index is 11.5. The first-order valence-electron chi connectivity index (χ1n) is 4.81. The number of hydrogen-bond donors (Lipinski definition) is 3. The van der Waals surface area contributed by atoms with E-state index in [2.05, 4.69) is 0 Å². The molecule has 0 saturated carbocycles. The summed E-state index contributed by atoms with van der Waals surface area (Å²) in [4.78, 5) is 24.4. The molecule has 0 bridgehead atoms. The molecule has 7 nitrogen and oxygen atoms in total. The second kappa shape index (κ2) is 3.85. The van der Waals surface area contributed by atoms with Crippen LogP contribution in [0.25, 0.3) is 0 Å². The topological polar surface area (TPSA) is 105 Å². The van der Waals surface area contributed by atoms with Gasteiger partial charge in [0, 0.05) is 12.3 Å². The highest BCUT2D eigenvalue weighted by atomic mass is 16.5. The van der Waals surface area contributed by atoms with Gasteiger partial charge < -0.3 is 14.9 Å². The zero-order chi connectivity index (χ0) is 11.8. The molecule has 1 saturated heterocycles. The molecule has 0 spiro atoms. The van der Waals surface area contributed by atoms with Crippen LogP contribution in [0.15, 0.2) is 21.9 Å². The number of rotatable bonds is 2. The van der Waals surface area contributed by atoms with Crippen LogP contribution in [0.5, 0.6) is 0 Å². The summed E-state index contributed by atoms with van der Waals surface area (Å²) >= 11 is 0. The van der Waals surface area contributed by atoms with Gasteiger partial charge in [0.25, 0.3) is 5.56 Å². The highest BCUT2D eigenvalue weighted by Crippen LogP contribution is 2.28. The Hall–Kier alpha value is -1.44. The van der Waals surface area contributed by atoms with Gasteiger partial charge in [0.05, 0.1) is 25.7 Å². The van der Waals surface area contributed by atoms with E-state index >= 15 is 0 Å². The van der Waals surface area contributed by atoms with Crippen molar-refractivity contribution >= 4 is 0 Å². The Morgan fingerprint density at radius 2 is 2.38 bits per heavy atom. The number of H-pyrrole nitrogens is 1. The average molecular weight is 228 g/mol. The second-order valence-corrected chi connectivity index (χ2v) is 3.75. The summed E-state index contributed by atoms with van der Waals surface area (Å²) in [6.07, 6.45) is 1.19. The van der Waals surface area contributed by atoms with Crippen LogP contribution in [-0.2, 0) is 10.5 Å². The molecule has 88 valence electrons. The lowest BCUT2D eigenvalue weighted by Crippen LogP contribution is -2.49. The molecule has 2 atom stereocenters. The van der Waals surface area contributed by atoms with Gasteiger partial charge in [-0.2, -0.15) is 0 Å². The standard InChI is InChI=1S/C9H12N2O5/c12-3-6-4-16-5-9(6,15)11-2-1-7(13)10-8(11)14/h1-2,6,12,15H,3-5H2,(H,10,13,14)/t6-,9-/m0/s1. The number of nitrogens with one attached hydrogen (secondary N) is 1. The number of aromatic nitrogens is 2. The minimum atomic E-state index is -1.60. The van der Waals surface area contributed by atoms with Crippen molar-refractivity contribution in [1.29, 1.82) is 0 Å². The summed E-state index contributed by atoms with van der Waals surface area (Å²) in [6.45, 7) is -0.231. The molecule has 2 heterocycles. The average Bonchev–Trinajstić information content (AvgIpc) is 2.60. The molecular formula is C9H12N2O5. The first kappa shape index (κ1) is 11.1. The first-order chi connectivity index (χ1) is 7.58. The lowest BCUT2D eigenvalue weighted by atomic mass is 10.0. The van der Waals surface area contributed by atoms with E-state index in [-0.39, 0.29) is 19.8 Å². The molecule has 0 amide bonds. The van der Waals surface area contributed by atoms with Crippen molar-refractivity contribution in [2.45, 2.75) is 5.72 Å². The molecule has 16 heavy (non-hydrogen) atoms. The minimum absolute atomic E-state index is 0.0931. The largest absolute Gasteiger partial charge is 0.396 e. The van der Waals surface area contributed by atoms with Crippen LogP contribution in [0.2, 0.25) is 0 Å². The molecule has 1 fully saturated rings. The highest BCUT2D eigenvalue weighted by Gasteiger charge is 2.44. The number of aliphatic hydroxyl groups is 2. The van der Waals surface area contributed by atoms with Crippen molar-refractivity contribution in [3.8, 4) is 0 Å². The summed E-state index contributed by atoms with van der Waals surface area (Å²) in [6, 6.07) is 1.13. The zero-order valence-corrected chi connectivity index (χ0v) is 8.42. The van der Waals surface area contributed by atoms with Gasteiger partial charge in [-0.25, -0.2) is 4.79 Å². The van der Waals surface area contributed by atoms with Crippen molar-refractivity contribution in [1.82, 2.24) is 9.55 Å². The van der Waals surface area contributed by atoms with E-state index in [4.69, 9.17) is 9.84 Å². The Balaban J connectivity index is 2.50. The fraction of sp³-hybridized carbons (Fsp3) is 0.556. The minimum Gasteiger partial charge on any atom is -0.396 e. The molecule has 7 heteroatoms. The van der Waals surface area contributed by atoms with E-state index in [1.165, 1.54) is 6.20 Å². The van der Waals surface area contributed by atoms with Gasteiger partial charge in [-0.3, -0.25) is 14.3 Å². The molecular weight excluding hydrogens is 216 g/mol. The number of aromatic amines is 1. The molecule has 0 aromatic carbocycles. The van der Waals surface area contributed by atoms with Crippen LogP contribution in [0.3, 0.4) is 0 Å². The zero-order valence-electron chi connectivity index (χ0n) is 8.42. The van der Waals surface area contributed by atoms with Gasteiger partial charge in [0.1, 0.15) is 0 Å². The summed E-state index contributed by atoms with van der Waals surface area (Å²) in [5.74, 6) is -0.587. The third-order valence-electron chi connectivity index (χ3n) is 2.75. The maximum atomic E-state index is 11.5. The lowest BCUT2D eigenvalue weighted by molar-refractivity contribution is -0.0866. The van der Waals surface area contributed by atoms with Crippen molar-refractivity contribution in [3.63, 3.8) is 0 Å². The molecule has 0 unspecified atom stereocenters. The number of aliphatic hydroxyl groups excluding tert-OH is 1. The van der Waals surface area contributed by atoms with Crippen molar-refractivity contribution in [3.05, 3.63) is 33.1 Å². The Labute approximate surface area is 89.9 Å². The summed E-state index contributed by atoms with van der Waals surface area (Å²) in [5.41, 5.74) is -2.86. The lowest BCUT2D eigenvalue weighted by Gasteiger charge is -2.28. The van der Waals surface area contributed by atoms with Gasteiger partial charge >= 0.3 is 5.69 Å². The number of hydrogen-bond acceptors (Lipinski definition) is 5. The molecule has 2 rings (SSSR count). The predicted molar refractivity (Wildman–Crippen MR) is 52.9 cm³/mol. The molecule has 0 radical (unpaired) electrons. The fourth-order valence-corrected chi connectivity index (χ4v) is 1.79. The van der Waals surface area contributed by atoms with Crippen LogP contribution >= 0.6 is 0 Å². The van der Waals surface area contributed by atoms with Crippen molar-refractivity contribution < 1.29 is 14.9 Å². The molecule has 1 aliphatic heterocycles. The van der Waals surface area contributed by atoms with Crippen LogP contribution in [-0.4, -0.2) is 39.6 Å². The van der Waals surface area contributed by atoms with Gasteiger partial charge in [0.2, 0.25) is 0 Å². The molecule has 1 aromatic rings. The maximum Gasteiger partial charge on any atom is 0.330 e. The predicted octanol–water partition coefficient (Wildman–Crippen LogP) is -2.18. The monoisotopic (exact) mass is 228 g/mol. The number of ether oxygens (including phenoxy) is 1. The van der Waals surface area contributed by atoms with Crippen LogP contribution in [0, 0.1) is 5.92 Å². The third-order valence-corrected chi connectivity index (χ3v) is 2.75. The Morgan fingerprint density at radius 1 is 1.62 bits per heavy atom. The molecule has 3 N–H and O–H groups in total. The van der Waals surface area contributed by atoms with Crippen molar-refractivity contribution in [2.75, 3.05) is 19.8 Å². The van der Waals surface area contributed by atoms with Crippen LogP contribution in [0.1, 0.15) is 0 Å². The van der Waals surface area contributed by atoms with Gasteiger partial charge in [-0.1, -0.05) is 0 Å². The van der Waals surface area contributed by atoms with Gasteiger partial charge in [-0.05, 0) is 0 Å². The van der Waals surface area contributed by atoms with Crippen molar-refractivity contribution in [2.24, 2.45) is 5.92 Å². The van der Waals surface area contributed by atoms with Gasteiger partial charge in [0.15, 0.2) is 5.72 Å². The van der Waals surface area contributed by atoms with E-state index < -0.39 is 22.9 Å². The van der Waals surface area contributed by atoms with E-state index in [9.17, 15) is 14.7 Å². The van der Waals surface area contributed by atoms with Crippen LogP contribution in [0.4, 0.5) is 0 Å². The van der Waals surface area contributed by atoms with E-state index in [1.807, 2.05) is 4.98 Å². The quantitative estimate of drug-likeness (QED) is 0.534. The third kappa shape index (κ3) is 1.58. The second-order valence-electron chi connectivity index (χ2n) is 3.75. The summed E-state index contributed by atoms with van der Waals surface area (Å²) in [5, 5.41) is 19.3. The normalized spacial score (nSPS) is 29.5. The van der Waals surface area contributed by atoms with E-state index in [0.717, 1.165) is 10.6 Å². The number of nitrogens with zero attached hydrogens (tertiary/aromatic N) is 1. The van der Waals surface area contributed by atoms with Gasteiger partial charge in [-0.15, -0.1) is 0 Å². The first-order valence-corrected chi connectivity index (χ1v) is 4.81. The Morgan fingerprint density at radius 3 is 3.00 bits per heavy atom. The highest BCUT2D eigenvalue weighted by molar-refractivity contribution is 4.93. The molecule has 0 aliphatic carbocycles. The molecule has 1 aliphatic rings. The SMILES string of the molecule is O=c1ccn([C@]2(O)COC[C@@H]2CO)c(=O)[nH]1.